The summed E-state index contributed by atoms with van der Waals surface area (Å²) in [5, 5.41) is 2.80. The molecule has 8 heteroatoms. The first-order valence-electron chi connectivity index (χ1n) is 10.8. The minimum absolute atomic E-state index is 0.0747. The first-order chi connectivity index (χ1) is 16.0. The van der Waals surface area contributed by atoms with E-state index in [-0.39, 0.29) is 24.7 Å². The Bertz CT molecular complexity index is 920. The Kier molecular flexibility index (Phi) is 14.1. The highest BCUT2D eigenvalue weighted by atomic mass is 32.7. The fourth-order valence-electron chi connectivity index (χ4n) is 2.92. The van der Waals surface area contributed by atoms with Crippen LogP contribution in [0.3, 0.4) is 0 Å². The zero-order valence-electron chi connectivity index (χ0n) is 19.6. The van der Waals surface area contributed by atoms with E-state index in [2.05, 4.69) is 42.6 Å². The van der Waals surface area contributed by atoms with E-state index in [1.165, 1.54) is 7.11 Å². The summed E-state index contributed by atoms with van der Waals surface area (Å²) in [6.07, 6.45) is 4.03. The van der Waals surface area contributed by atoms with Gasteiger partial charge in [-0.3, -0.25) is 9.59 Å². The van der Waals surface area contributed by atoms with Gasteiger partial charge in [-0.2, -0.15) is 0 Å². The van der Waals surface area contributed by atoms with Crippen molar-refractivity contribution in [3.8, 4) is 11.8 Å². The maximum Gasteiger partial charge on any atom is 0.234 e. The van der Waals surface area contributed by atoms with Gasteiger partial charge in [-0.1, -0.05) is 75.4 Å². The molecule has 0 aliphatic carbocycles. The highest BCUT2D eigenvalue weighted by molar-refractivity contribution is 8.41. The van der Waals surface area contributed by atoms with Crippen LogP contribution in [0.2, 0.25) is 0 Å². The number of amides is 2. The van der Waals surface area contributed by atoms with Crippen LogP contribution >= 0.6 is 19.8 Å². The molecule has 6 nitrogen and oxygen atoms in total. The number of rotatable bonds is 11. The van der Waals surface area contributed by atoms with Gasteiger partial charge in [0, 0.05) is 37.6 Å². The van der Waals surface area contributed by atoms with Crippen molar-refractivity contribution in [1.29, 1.82) is 0 Å². The van der Waals surface area contributed by atoms with Crippen molar-refractivity contribution >= 4 is 31.6 Å². The lowest BCUT2D eigenvalue weighted by atomic mass is 10.0. The third-order valence-electron chi connectivity index (χ3n) is 4.51. The standard InChI is InChI=1S/C23H27N2O4PS.C2H6/c1-4-18-11-12-19-9-6-7-10-20(19)17-25(21(18)5-2)23(27)14-13-22(26)24-15-8-16-29-30(31)28-3;1-2/h4-7,9-10,31H,1-2,8,13-17H2,3H3,(H,24,26);1-2H3/b21-18-;. The quantitative estimate of drug-likeness (QED) is 0.196. The molecule has 1 N–H and O–H groups in total. The van der Waals surface area contributed by atoms with Gasteiger partial charge in [0.15, 0.2) is 0 Å². The summed E-state index contributed by atoms with van der Waals surface area (Å²) in [4.78, 5) is 26.8. The van der Waals surface area contributed by atoms with E-state index in [9.17, 15) is 9.59 Å². The van der Waals surface area contributed by atoms with E-state index in [4.69, 9.17) is 9.05 Å². The predicted molar refractivity (Wildman–Crippen MR) is 138 cm³/mol. The van der Waals surface area contributed by atoms with Gasteiger partial charge in [0.25, 0.3) is 0 Å². The van der Waals surface area contributed by atoms with Crippen molar-refractivity contribution in [3.63, 3.8) is 0 Å². The molecule has 1 unspecified atom stereocenters. The van der Waals surface area contributed by atoms with Gasteiger partial charge in [-0.05, 0) is 24.1 Å². The van der Waals surface area contributed by atoms with Crippen molar-refractivity contribution in [2.24, 2.45) is 0 Å². The Morgan fingerprint density at radius 2 is 1.94 bits per heavy atom. The minimum Gasteiger partial charge on any atom is -0.356 e. The molecule has 0 radical (unpaired) electrons. The van der Waals surface area contributed by atoms with E-state index in [1.54, 1.807) is 17.1 Å². The third-order valence-corrected chi connectivity index (χ3v) is 6.06. The number of hydrogen-bond donors (Lipinski definition) is 2. The average Bonchev–Trinajstić information content (AvgIpc) is 2.84. The Balaban J connectivity index is 0.00000265. The summed E-state index contributed by atoms with van der Waals surface area (Å²) in [5.74, 6) is 5.85. The summed E-state index contributed by atoms with van der Waals surface area (Å²) in [5.41, 5.74) is 3.03. The Labute approximate surface area is 204 Å². The van der Waals surface area contributed by atoms with Gasteiger partial charge in [-0.25, -0.2) is 0 Å². The van der Waals surface area contributed by atoms with E-state index < -0.39 is 7.58 Å². The van der Waals surface area contributed by atoms with Gasteiger partial charge < -0.3 is 19.3 Å². The molecular formula is C25H33N2O4PS. The van der Waals surface area contributed by atoms with Crippen LogP contribution < -0.4 is 5.32 Å². The summed E-state index contributed by atoms with van der Waals surface area (Å²) in [7, 11) is 0.363. The van der Waals surface area contributed by atoms with E-state index >= 15 is 0 Å². The molecule has 0 saturated heterocycles. The average molecular weight is 489 g/mol. The number of allylic oxidation sites excluding steroid dienone is 3. The summed E-state index contributed by atoms with van der Waals surface area (Å²) >= 11 is 4.11. The van der Waals surface area contributed by atoms with Crippen molar-refractivity contribution in [2.75, 3.05) is 20.3 Å². The molecule has 2 amide bonds. The summed E-state index contributed by atoms with van der Waals surface area (Å²) in [6.45, 7) is 12.9. The molecule has 1 aromatic rings. The number of hydrogen-bond acceptors (Lipinski definition) is 5. The first kappa shape index (κ1) is 28.7. The number of carbonyl (C=O) groups excluding carboxylic acids is 2. The first-order valence-corrected chi connectivity index (χ1v) is 13.1. The van der Waals surface area contributed by atoms with E-state index in [1.807, 2.05) is 38.1 Å². The van der Waals surface area contributed by atoms with Gasteiger partial charge in [0.05, 0.1) is 18.8 Å². The maximum absolute atomic E-state index is 13.0. The van der Waals surface area contributed by atoms with Crippen LogP contribution in [0.5, 0.6) is 0 Å². The second-order valence-electron chi connectivity index (χ2n) is 6.55. The third kappa shape index (κ3) is 9.57. The van der Waals surface area contributed by atoms with Crippen molar-refractivity contribution in [1.82, 2.24) is 10.2 Å². The molecule has 178 valence electrons. The van der Waals surface area contributed by atoms with Gasteiger partial charge in [-0.15, -0.1) is 0 Å². The maximum atomic E-state index is 13.0. The van der Waals surface area contributed by atoms with Crippen LogP contribution in [-0.4, -0.2) is 37.0 Å². The molecule has 0 fully saturated rings. The van der Waals surface area contributed by atoms with Gasteiger partial charge in [0.2, 0.25) is 19.4 Å². The largest absolute Gasteiger partial charge is 0.356 e. The Hall–Kier alpha value is -2.36. The molecule has 1 atom stereocenters. The van der Waals surface area contributed by atoms with E-state index in [0.29, 0.717) is 37.4 Å². The van der Waals surface area contributed by atoms with Crippen LogP contribution in [0.4, 0.5) is 0 Å². The lowest BCUT2D eigenvalue weighted by Crippen LogP contribution is -2.32. The Morgan fingerprint density at radius 3 is 2.61 bits per heavy atom. The highest BCUT2D eigenvalue weighted by Gasteiger charge is 2.21. The molecule has 33 heavy (non-hydrogen) atoms. The summed E-state index contributed by atoms with van der Waals surface area (Å²) in [6, 6.07) is 7.69. The predicted octanol–water partition coefficient (Wildman–Crippen LogP) is 5.14. The minimum atomic E-state index is -1.16. The molecule has 0 aromatic heterocycles. The van der Waals surface area contributed by atoms with Gasteiger partial charge >= 0.3 is 0 Å². The second-order valence-corrected chi connectivity index (χ2v) is 8.63. The van der Waals surface area contributed by atoms with Crippen LogP contribution in [-0.2, 0) is 25.2 Å². The van der Waals surface area contributed by atoms with Crippen molar-refractivity contribution < 1.29 is 18.6 Å². The Morgan fingerprint density at radius 1 is 1.21 bits per heavy atom. The normalized spacial score (nSPS) is 15.3. The molecule has 1 heterocycles. The highest BCUT2D eigenvalue weighted by Crippen LogP contribution is 2.41. The summed E-state index contributed by atoms with van der Waals surface area (Å²) < 4.78 is 10.2. The molecule has 0 bridgehead atoms. The number of thiol groups is 1. The van der Waals surface area contributed by atoms with Crippen molar-refractivity contribution in [2.45, 2.75) is 39.7 Å². The number of fused-ring (bicyclic) bond motifs is 1. The smallest absolute Gasteiger partial charge is 0.234 e. The monoisotopic (exact) mass is 488 g/mol. The SMILES string of the molecule is C=C/C1=C(\C=C)N(C(=O)CCC(=O)NCCCOP(S)OC)Cc2ccccc2C#C1.CC. The van der Waals surface area contributed by atoms with Crippen LogP contribution in [0.15, 0.2) is 60.8 Å². The zero-order valence-corrected chi connectivity index (χ0v) is 21.4. The molecule has 1 aliphatic rings. The fraction of sp³-hybridized carbons (Fsp3) is 0.360. The second kappa shape index (κ2) is 16.3. The van der Waals surface area contributed by atoms with Crippen LogP contribution in [0.25, 0.3) is 0 Å². The zero-order chi connectivity index (χ0) is 24.6. The molecule has 2 rings (SSSR count). The lowest BCUT2D eigenvalue weighted by molar-refractivity contribution is -0.132. The molecule has 0 spiro atoms. The molecule has 1 aliphatic heterocycles. The topological polar surface area (TPSA) is 67.9 Å². The fourth-order valence-corrected chi connectivity index (χ4v) is 3.55. The number of carbonyl (C=O) groups is 2. The van der Waals surface area contributed by atoms with Gasteiger partial charge in [0.1, 0.15) is 0 Å². The molecule has 0 saturated carbocycles. The lowest BCUT2D eigenvalue weighted by Gasteiger charge is -2.26. The van der Waals surface area contributed by atoms with Crippen LogP contribution in [0, 0.1) is 11.8 Å². The van der Waals surface area contributed by atoms with Crippen molar-refractivity contribution in [3.05, 3.63) is 72.0 Å². The number of nitrogens with one attached hydrogen (secondary N) is 1. The van der Waals surface area contributed by atoms with E-state index in [0.717, 1.165) is 11.1 Å². The number of nitrogens with zero attached hydrogens (tertiary/aromatic N) is 1. The molecular weight excluding hydrogens is 455 g/mol. The number of benzene rings is 1. The molecule has 1 aromatic carbocycles. The van der Waals surface area contributed by atoms with Crippen LogP contribution in [0.1, 0.15) is 44.2 Å².